The quantitative estimate of drug-likeness (QED) is 0.696. The van der Waals surface area contributed by atoms with Crippen LogP contribution in [0.4, 0.5) is 0 Å². The van der Waals surface area contributed by atoms with Crippen LogP contribution in [0.25, 0.3) is 0 Å². The summed E-state index contributed by atoms with van der Waals surface area (Å²) in [5.41, 5.74) is 13.3. The summed E-state index contributed by atoms with van der Waals surface area (Å²) in [4.78, 5) is 4.88. The molecule has 0 spiro atoms. The number of likely N-dealkylation sites (N-methyl/N-ethyl adjacent to an activating group) is 1. The number of hydrogen-bond acceptors (Lipinski definition) is 5. The zero-order valence-corrected chi connectivity index (χ0v) is 14.8. The number of nitrogens with two attached hydrogens (primary N) is 2. The smallest absolute Gasteiger partial charge is 0.0703 e. The summed E-state index contributed by atoms with van der Waals surface area (Å²) in [6.07, 6.45) is 10.8. The Balaban J connectivity index is 1.94. The van der Waals surface area contributed by atoms with E-state index in [0.29, 0.717) is 18.5 Å². The van der Waals surface area contributed by atoms with Crippen molar-refractivity contribution < 1.29 is 4.74 Å². The minimum atomic E-state index is 0.0318. The topological polar surface area (TPSA) is 67.8 Å². The molecule has 0 saturated carbocycles. The van der Waals surface area contributed by atoms with Gasteiger partial charge in [0.1, 0.15) is 0 Å². The van der Waals surface area contributed by atoms with E-state index in [4.69, 9.17) is 16.2 Å². The molecule has 3 unspecified atom stereocenters. The van der Waals surface area contributed by atoms with Gasteiger partial charge in [-0.15, -0.1) is 0 Å². The monoisotopic (exact) mass is 322 g/mol. The fraction of sp³-hybridized carbons (Fsp3) is 0.778. The van der Waals surface area contributed by atoms with Gasteiger partial charge >= 0.3 is 0 Å². The van der Waals surface area contributed by atoms with Crippen molar-refractivity contribution in [2.24, 2.45) is 17.4 Å². The van der Waals surface area contributed by atoms with Crippen LogP contribution in [-0.4, -0.2) is 61.9 Å². The van der Waals surface area contributed by atoms with E-state index in [1.807, 2.05) is 13.0 Å². The van der Waals surface area contributed by atoms with Crippen molar-refractivity contribution in [3.63, 3.8) is 0 Å². The SMILES string of the molecule is C/C=C\CC(N)C=C(CN)N(C)CN1CCCC2COCCC21. The molecule has 0 aromatic rings. The Bertz CT molecular complexity index is 408. The third-order valence-corrected chi connectivity index (χ3v) is 5.07. The predicted molar refractivity (Wildman–Crippen MR) is 95.8 cm³/mol. The first kappa shape index (κ1) is 18.5. The maximum atomic E-state index is 6.17. The molecule has 2 heterocycles. The molecule has 2 saturated heterocycles. The highest BCUT2D eigenvalue weighted by Gasteiger charge is 2.34. The van der Waals surface area contributed by atoms with Crippen LogP contribution < -0.4 is 11.5 Å². The Labute approximate surface area is 141 Å². The van der Waals surface area contributed by atoms with Crippen molar-refractivity contribution in [3.05, 3.63) is 23.9 Å². The Hall–Kier alpha value is -0.880. The molecule has 0 radical (unpaired) electrons. The number of fused-ring (bicyclic) bond motifs is 1. The molecule has 0 aromatic carbocycles. The molecule has 3 atom stereocenters. The minimum absolute atomic E-state index is 0.0318. The number of hydrogen-bond donors (Lipinski definition) is 2. The summed E-state index contributed by atoms with van der Waals surface area (Å²) in [5, 5.41) is 0. The van der Waals surface area contributed by atoms with Crippen LogP contribution in [0.15, 0.2) is 23.9 Å². The van der Waals surface area contributed by atoms with Gasteiger partial charge in [-0.25, -0.2) is 0 Å². The second-order valence-corrected chi connectivity index (χ2v) is 6.82. The van der Waals surface area contributed by atoms with Gasteiger partial charge < -0.3 is 21.1 Å². The molecular weight excluding hydrogens is 288 g/mol. The first-order chi connectivity index (χ1) is 11.2. The van der Waals surface area contributed by atoms with E-state index in [1.54, 1.807) is 0 Å². The maximum absolute atomic E-state index is 6.17. The highest BCUT2D eigenvalue weighted by Crippen LogP contribution is 2.29. The molecule has 132 valence electrons. The van der Waals surface area contributed by atoms with Gasteiger partial charge in [0.05, 0.1) is 13.3 Å². The van der Waals surface area contributed by atoms with E-state index in [-0.39, 0.29) is 6.04 Å². The molecule has 4 N–H and O–H groups in total. The normalized spacial score (nSPS) is 27.9. The van der Waals surface area contributed by atoms with Gasteiger partial charge in [0.25, 0.3) is 0 Å². The van der Waals surface area contributed by atoms with Gasteiger partial charge in [-0.1, -0.05) is 12.2 Å². The Morgan fingerprint density at radius 1 is 1.43 bits per heavy atom. The summed E-state index contributed by atoms with van der Waals surface area (Å²) in [6, 6.07) is 0.694. The van der Waals surface area contributed by atoms with Gasteiger partial charge in [0, 0.05) is 44.5 Å². The maximum Gasteiger partial charge on any atom is 0.0703 e. The van der Waals surface area contributed by atoms with Crippen molar-refractivity contribution in [2.75, 3.05) is 40.0 Å². The fourth-order valence-electron chi connectivity index (χ4n) is 3.76. The van der Waals surface area contributed by atoms with Crippen LogP contribution >= 0.6 is 0 Å². The highest BCUT2D eigenvalue weighted by atomic mass is 16.5. The van der Waals surface area contributed by atoms with E-state index in [0.717, 1.165) is 38.4 Å². The van der Waals surface area contributed by atoms with Gasteiger partial charge in [-0.05, 0) is 44.6 Å². The van der Waals surface area contributed by atoms with E-state index in [1.165, 1.54) is 19.4 Å². The van der Waals surface area contributed by atoms with Gasteiger partial charge in [0.15, 0.2) is 0 Å². The van der Waals surface area contributed by atoms with Gasteiger partial charge in [-0.2, -0.15) is 0 Å². The van der Waals surface area contributed by atoms with Crippen LogP contribution in [0.2, 0.25) is 0 Å². The van der Waals surface area contributed by atoms with Crippen molar-refractivity contribution in [1.29, 1.82) is 0 Å². The molecule has 5 nitrogen and oxygen atoms in total. The van der Waals surface area contributed by atoms with Crippen molar-refractivity contribution in [1.82, 2.24) is 9.80 Å². The molecule has 0 bridgehead atoms. The van der Waals surface area contributed by atoms with E-state index in [2.05, 4.69) is 29.0 Å². The zero-order valence-electron chi connectivity index (χ0n) is 14.8. The number of piperidine rings is 1. The van der Waals surface area contributed by atoms with Crippen LogP contribution in [0, 0.1) is 5.92 Å². The summed E-state index contributed by atoms with van der Waals surface area (Å²) in [7, 11) is 2.13. The van der Waals surface area contributed by atoms with Crippen LogP contribution in [0.5, 0.6) is 0 Å². The van der Waals surface area contributed by atoms with E-state index < -0.39 is 0 Å². The van der Waals surface area contributed by atoms with Gasteiger partial charge in [-0.3, -0.25) is 4.90 Å². The van der Waals surface area contributed by atoms with Gasteiger partial charge in [0.2, 0.25) is 0 Å². The minimum Gasteiger partial charge on any atom is -0.381 e. The number of rotatable bonds is 7. The molecule has 2 aliphatic rings. The lowest BCUT2D eigenvalue weighted by Gasteiger charge is -2.45. The average molecular weight is 322 g/mol. The first-order valence-corrected chi connectivity index (χ1v) is 8.96. The molecular formula is C18H34N4O. The molecule has 2 rings (SSSR count). The predicted octanol–water partition coefficient (Wildman–Crippen LogP) is 1.51. The lowest BCUT2D eigenvalue weighted by atomic mass is 9.86. The molecule has 2 aliphatic heterocycles. The summed E-state index contributed by atoms with van der Waals surface area (Å²) in [5.74, 6) is 0.702. The Morgan fingerprint density at radius 2 is 2.26 bits per heavy atom. The molecule has 2 fully saturated rings. The number of ether oxygens (including phenoxy) is 1. The van der Waals surface area contributed by atoms with E-state index in [9.17, 15) is 0 Å². The second-order valence-electron chi connectivity index (χ2n) is 6.82. The van der Waals surface area contributed by atoms with E-state index >= 15 is 0 Å². The van der Waals surface area contributed by atoms with Crippen molar-refractivity contribution in [3.8, 4) is 0 Å². The average Bonchev–Trinajstić information content (AvgIpc) is 2.58. The molecule has 0 aromatic heterocycles. The van der Waals surface area contributed by atoms with Crippen molar-refractivity contribution in [2.45, 2.75) is 44.7 Å². The van der Waals surface area contributed by atoms with Crippen LogP contribution in [0.3, 0.4) is 0 Å². The lowest BCUT2D eigenvalue weighted by Crippen LogP contribution is -2.52. The molecule has 0 amide bonds. The standard InChI is InChI=1S/C18H34N4O/c1-3-4-7-16(20)11-17(12-19)21(2)14-22-9-5-6-15-13-23-10-8-18(15)22/h3-4,11,15-16,18H,5-10,12-14,19-20H2,1-2H3/b4-3-,17-11?. The second kappa shape index (κ2) is 9.42. The lowest BCUT2D eigenvalue weighted by molar-refractivity contribution is -0.0471. The number of likely N-dealkylation sites (tertiary alicyclic amines) is 1. The Morgan fingerprint density at radius 3 is 3.00 bits per heavy atom. The first-order valence-electron chi connectivity index (χ1n) is 8.96. The third kappa shape index (κ3) is 5.31. The fourth-order valence-corrected chi connectivity index (χ4v) is 3.76. The zero-order chi connectivity index (χ0) is 16.7. The summed E-state index contributed by atoms with van der Waals surface area (Å²) < 4.78 is 5.66. The van der Waals surface area contributed by atoms with Crippen LogP contribution in [0.1, 0.15) is 32.6 Å². The highest BCUT2D eigenvalue weighted by molar-refractivity contribution is 5.08. The third-order valence-electron chi connectivity index (χ3n) is 5.07. The number of nitrogens with zero attached hydrogens (tertiary/aromatic N) is 2. The Kier molecular flexibility index (Phi) is 7.56. The molecule has 0 aliphatic carbocycles. The molecule has 5 heteroatoms. The largest absolute Gasteiger partial charge is 0.381 e. The van der Waals surface area contributed by atoms with Crippen molar-refractivity contribution >= 4 is 0 Å². The molecule has 23 heavy (non-hydrogen) atoms. The van der Waals surface area contributed by atoms with Crippen LogP contribution in [-0.2, 0) is 4.74 Å². The number of allylic oxidation sites excluding steroid dienone is 1. The summed E-state index contributed by atoms with van der Waals surface area (Å²) in [6.45, 7) is 6.49. The summed E-state index contributed by atoms with van der Waals surface area (Å²) >= 11 is 0.